The van der Waals surface area contributed by atoms with Gasteiger partial charge in [-0.25, -0.2) is 4.98 Å². The summed E-state index contributed by atoms with van der Waals surface area (Å²) >= 11 is 0. The largest absolute Gasteiger partial charge is 0.345 e. The quantitative estimate of drug-likeness (QED) is 0.879. The predicted molar refractivity (Wildman–Crippen MR) is 108 cm³/mol. The van der Waals surface area contributed by atoms with E-state index in [1.807, 2.05) is 11.1 Å². The maximum Gasteiger partial charge on any atom is 0.241 e. The zero-order chi connectivity index (χ0) is 18.8. The Bertz CT molecular complexity index is 786. The Balaban J connectivity index is 1.34. The Morgan fingerprint density at radius 1 is 1.11 bits per heavy atom. The number of H-pyrrole nitrogens is 1. The van der Waals surface area contributed by atoms with E-state index in [2.05, 4.69) is 46.9 Å². The summed E-state index contributed by atoms with van der Waals surface area (Å²) in [6.45, 7) is 7.02. The minimum absolute atomic E-state index is 0.178. The second-order valence-corrected chi connectivity index (χ2v) is 8.31. The number of hydrogen-bond acceptors (Lipinski definition) is 3. The number of carbonyl (C=O) groups is 1. The van der Waals surface area contributed by atoms with Gasteiger partial charge in [0.1, 0.15) is 5.82 Å². The number of rotatable bonds is 5. The molecule has 2 fully saturated rings. The van der Waals surface area contributed by atoms with Gasteiger partial charge in [-0.15, -0.1) is 0 Å². The van der Waals surface area contributed by atoms with Crippen molar-refractivity contribution in [3.8, 4) is 0 Å². The molecular weight excluding hydrogens is 336 g/mol. The van der Waals surface area contributed by atoms with Crippen molar-refractivity contribution in [2.45, 2.75) is 52.5 Å². The number of hydrogen-bond donors (Lipinski definition) is 1. The molecule has 1 amide bonds. The van der Waals surface area contributed by atoms with Gasteiger partial charge in [0.25, 0.3) is 0 Å². The van der Waals surface area contributed by atoms with Gasteiger partial charge in [0.15, 0.2) is 0 Å². The molecule has 0 atom stereocenters. The van der Waals surface area contributed by atoms with E-state index < -0.39 is 0 Å². The molecule has 0 bridgehead atoms. The molecule has 4 rings (SSSR count). The molecule has 0 spiro atoms. The van der Waals surface area contributed by atoms with Crippen molar-refractivity contribution >= 4 is 11.6 Å². The first kappa shape index (κ1) is 18.2. The lowest BCUT2D eigenvalue weighted by Gasteiger charge is -2.34. The van der Waals surface area contributed by atoms with Crippen LogP contribution in [0.15, 0.2) is 24.4 Å². The Morgan fingerprint density at radius 2 is 1.85 bits per heavy atom. The van der Waals surface area contributed by atoms with Crippen LogP contribution in [0.3, 0.4) is 0 Å². The summed E-state index contributed by atoms with van der Waals surface area (Å²) in [5, 5.41) is 0. The number of aromatic amines is 1. The molecule has 2 aliphatic rings. The van der Waals surface area contributed by atoms with Gasteiger partial charge in [-0.3, -0.25) is 9.69 Å². The highest BCUT2D eigenvalue weighted by Gasteiger charge is 2.26. The smallest absolute Gasteiger partial charge is 0.241 e. The van der Waals surface area contributed by atoms with Crippen LogP contribution in [0.2, 0.25) is 0 Å². The van der Waals surface area contributed by atoms with Gasteiger partial charge >= 0.3 is 0 Å². The first-order valence-electron chi connectivity index (χ1n) is 10.2. The van der Waals surface area contributed by atoms with Crippen molar-refractivity contribution in [2.75, 3.05) is 24.5 Å². The topological polar surface area (TPSA) is 52.2 Å². The minimum Gasteiger partial charge on any atom is -0.345 e. The molecule has 1 N–H and O–H groups in total. The fourth-order valence-corrected chi connectivity index (χ4v) is 4.55. The highest BCUT2D eigenvalue weighted by Crippen LogP contribution is 2.27. The molecule has 27 heavy (non-hydrogen) atoms. The van der Waals surface area contributed by atoms with Gasteiger partial charge in [0, 0.05) is 43.6 Å². The number of aromatic nitrogens is 2. The van der Waals surface area contributed by atoms with Gasteiger partial charge in [0.2, 0.25) is 5.91 Å². The highest BCUT2D eigenvalue weighted by atomic mass is 16.2. The summed E-state index contributed by atoms with van der Waals surface area (Å²) < 4.78 is 0. The number of amides is 1. The van der Waals surface area contributed by atoms with Crippen LogP contribution in [0, 0.1) is 19.8 Å². The van der Waals surface area contributed by atoms with E-state index in [1.165, 1.54) is 36.8 Å². The maximum absolute atomic E-state index is 12.7. The number of anilines is 1. The van der Waals surface area contributed by atoms with E-state index in [9.17, 15) is 4.79 Å². The number of carbonyl (C=O) groups excluding carboxylic acids is 1. The van der Waals surface area contributed by atoms with Crippen molar-refractivity contribution in [3.63, 3.8) is 0 Å². The Morgan fingerprint density at radius 3 is 2.56 bits per heavy atom. The van der Waals surface area contributed by atoms with Crippen molar-refractivity contribution in [1.29, 1.82) is 0 Å². The average molecular weight is 367 g/mol. The minimum atomic E-state index is 0.178. The average Bonchev–Trinajstić information content (AvgIpc) is 3.27. The lowest BCUT2D eigenvalue weighted by Crippen LogP contribution is -2.50. The van der Waals surface area contributed by atoms with E-state index in [4.69, 9.17) is 0 Å². The molecule has 0 unspecified atom stereocenters. The number of nitrogens with zero attached hydrogens (tertiary/aromatic N) is 3. The van der Waals surface area contributed by atoms with Crippen LogP contribution < -0.4 is 4.90 Å². The molecule has 0 radical (unpaired) electrons. The molecule has 1 aromatic heterocycles. The zero-order valence-electron chi connectivity index (χ0n) is 16.5. The third kappa shape index (κ3) is 4.41. The Kier molecular flexibility index (Phi) is 5.30. The maximum atomic E-state index is 12.7. The van der Waals surface area contributed by atoms with E-state index >= 15 is 0 Å². The first-order chi connectivity index (χ1) is 13.1. The summed E-state index contributed by atoms with van der Waals surface area (Å²) in [6.07, 6.45) is 8.43. The van der Waals surface area contributed by atoms with Gasteiger partial charge < -0.3 is 9.88 Å². The van der Waals surface area contributed by atoms with Crippen molar-refractivity contribution in [2.24, 2.45) is 5.92 Å². The van der Waals surface area contributed by atoms with Crippen LogP contribution in [-0.2, 0) is 17.8 Å². The molecular formula is C22H30N4O. The van der Waals surface area contributed by atoms with E-state index in [-0.39, 0.29) is 5.91 Å². The molecule has 2 aromatic rings. The normalized spacial score (nSPS) is 19.2. The van der Waals surface area contributed by atoms with E-state index in [1.54, 1.807) is 0 Å². The molecule has 1 aromatic carbocycles. The number of aryl methyl sites for hydroxylation is 2. The van der Waals surface area contributed by atoms with Crippen LogP contribution in [0.4, 0.5) is 5.69 Å². The van der Waals surface area contributed by atoms with E-state index in [0.717, 1.165) is 49.2 Å². The first-order valence-corrected chi connectivity index (χ1v) is 10.2. The van der Waals surface area contributed by atoms with Gasteiger partial charge in [0.05, 0.1) is 6.54 Å². The van der Waals surface area contributed by atoms with Crippen molar-refractivity contribution in [3.05, 3.63) is 47.0 Å². The monoisotopic (exact) mass is 366 g/mol. The second kappa shape index (κ2) is 7.85. The van der Waals surface area contributed by atoms with Crippen LogP contribution in [0.1, 0.15) is 48.3 Å². The van der Waals surface area contributed by atoms with Crippen molar-refractivity contribution in [1.82, 2.24) is 14.9 Å². The molecule has 1 saturated carbocycles. The van der Waals surface area contributed by atoms with Gasteiger partial charge in [-0.1, -0.05) is 31.7 Å². The third-order valence-corrected chi connectivity index (χ3v) is 5.85. The second-order valence-electron chi connectivity index (χ2n) is 8.31. The van der Waals surface area contributed by atoms with Crippen LogP contribution in [-0.4, -0.2) is 40.4 Å². The van der Waals surface area contributed by atoms with Gasteiger partial charge in [-0.05, 0) is 43.0 Å². The third-order valence-electron chi connectivity index (χ3n) is 5.85. The standard InChI is InChI=1S/C22H30N4O/c1-16-9-17(2)11-20(10-16)26-8-7-25(15-22(26)27)14-19-13-23-21(24-19)12-18-5-3-4-6-18/h9-11,13,18H,3-8,12,14-15H2,1-2H3,(H,23,24). The molecule has 1 saturated heterocycles. The lowest BCUT2D eigenvalue weighted by atomic mass is 10.0. The predicted octanol–water partition coefficient (Wildman–Crippen LogP) is 3.61. The Hall–Kier alpha value is -2.14. The summed E-state index contributed by atoms with van der Waals surface area (Å²) in [6, 6.07) is 6.35. The Labute approximate surface area is 161 Å². The summed E-state index contributed by atoms with van der Waals surface area (Å²) in [5.41, 5.74) is 4.55. The highest BCUT2D eigenvalue weighted by molar-refractivity contribution is 5.95. The molecule has 5 heteroatoms. The molecule has 1 aliphatic carbocycles. The van der Waals surface area contributed by atoms with Crippen LogP contribution in [0.25, 0.3) is 0 Å². The number of nitrogens with one attached hydrogen (secondary N) is 1. The van der Waals surface area contributed by atoms with Crippen molar-refractivity contribution < 1.29 is 4.79 Å². The summed E-state index contributed by atoms with van der Waals surface area (Å²) in [7, 11) is 0. The molecule has 1 aliphatic heterocycles. The lowest BCUT2D eigenvalue weighted by molar-refractivity contribution is -0.121. The SMILES string of the molecule is Cc1cc(C)cc(N2CCN(Cc3cnc(CC4CCCC4)[nH]3)CC2=O)c1. The number of benzene rings is 1. The molecule has 2 heterocycles. The van der Waals surface area contributed by atoms with Crippen LogP contribution >= 0.6 is 0 Å². The number of piperazine rings is 1. The zero-order valence-corrected chi connectivity index (χ0v) is 16.5. The summed E-state index contributed by atoms with van der Waals surface area (Å²) in [4.78, 5) is 24.9. The number of imidazole rings is 1. The summed E-state index contributed by atoms with van der Waals surface area (Å²) in [5.74, 6) is 2.08. The fraction of sp³-hybridized carbons (Fsp3) is 0.545. The van der Waals surface area contributed by atoms with E-state index in [0.29, 0.717) is 6.54 Å². The molecule has 5 nitrogen and oxygen atoms in total. The van der Waals surface area contributed by atoms with Gasteiger partial charge in [-0.2, -0.15) is 0 Å². The fourth-order valence-electron chi connectivity index (χ4n) is 4.55. The molecule has 144 valence electrons. The van der Waals surface area contributed by atoms with Crippen LogP contribution in [0.5, 0.6) is 0 Å².